The van der Waals surface area contributed by atoms with Crippen LogP contribution in [0.1, 0.15) is 53.3 Å². The van der Waals surface area contributed by atoms with Gasteiger partial charge in [0.1, 0.15) is 11.5 Å². The second-order valence-corrected chi connectivity index (χ2v) is 6.68. The van der Waals surface area contributed by atoms with E-state index in [4.69, 9.17) is 4.74 Å². The zero-order valence-corrected chi connectivity index (χ0v) is 15.4. The van der Waals surface area contributed by atoms with Gasteiger partial charge in [-0.25, -0.2) is 4.79 Å². The number of phenols is 1. The number of carboxylic acids is 1. The van der Waals surface area contributed by atoms with Crippen molar-refractivity contribution in [2.24, 2.45) is 0 Å². The maximum Gasteiger partial charge on any atom is 0.335 e. The lowest BCUT2D eigenvalue weighted by molar-refractivity contribution is 0.0695. The minimum Gasteiger partial charge on any atom is -0.507 e. The third-order valence-corrected chi connectivity index (χ3v) is 5.08. The monoisotopic (exact) mass is 388 g/mol. The normalized spacial score (nSPS) is 12.3. The summed E-state index contributed by atoms with van der Waals surface area (Å²) in [7, 11) is 1.40. The van der Waals surface area contributed by atoms with Gasteiger partial charge in [-0.3, -0.25) is 9.59 Å². The van der Waals surface area contributed by atoms with Gasteiger partial charge >= 0.3 is 5.97 Å². The van der Waals surface area contributed by atoms with Crippen LogP contribution < -0.4 is 4.74 Å². The number of hydrogen-bond donors (Lipinski definition) is 2. The van der Waals surface area contributed by atoms with Gasteiger partial charge in [-0.05, 0) is 29.3 Å². The van der Waals surface area contributed by atoms with Crippen LogP contribution in [0.4, 0.5) is 0 Å². The summed E-state index contributed by atoms with van der Waals surface area (Å²) in [5.41, 5.74) is 1.33. The maximum absolute atomic E-state index is 13.1. The molecule has 0 atom stereocenters. The molecule has 4 rings (SSSR count). The summed E-state index contributed by atoms with van der Waals surface area (Å²) in [6.07, 6.45) is 0.0990. The average Bonchev–Trinajstić information content (AvgIpc) is 2.73. The number of aromatic carboxylic acids is 1. The van der Waals surface area contributed by atoms with Gasteiger partial charge in [-0.2, -0.15) is 0 Å². The minimum atomic E-state index is -1.08. The topological polar surface area (TPSA) is 101 Å². The molecule has 0 heterocycles. The number of phenolic OH excluding ortho intramolecular Hbond substituents is 1. The Labute approximate surface area is 166 Å². The van der Waals surface area contributed by atoms with Crippen molar-refractivity contribution in [3.8, 4) is 11.5 Å². The second kappa shape index (κ2) is 6.91. The van der Waals surface area contributed by atoms with Crippen LogP contribution >= 0.6 is 0 Å². The quantitative estimate of drug-likeness (QED) is 0.555. The van der Waals surface area contributed by atoms with Gasteiger partial charge in [0.05, 0.1) is 23.8 Å². The van der Waals surface area contributed by atoms with Crippen molar-refractivity contribution in [2.45, 2.75) is 6.42 Å². The minimum absolute atomic E-state index is 0.0858. The molecule has 0 aromatic heterocycles. The van der Waals surface area contributed by atoms with Crippen LogP contribution in [-0.4, -0.2) is 34.9 Å². The highest BCUT2D eigenvalue weighted by Gasteiger charge is 2.35. The van der Waals surface area contributed by atoms with Crippen LogP contribution in [0.3, 0.4) is 0 Å². The van der Waals surface area contributed by atoms with Crippen molar-refractivity contribution >= 4 is 17.5 Å². The lowest BCUT2D eigenvalue weighted by Crippen LogP contribution is -2.22. The van der Waals surface area contributed by atoms with Crippen LogP contribution in [0.5, 0.6) is 11.5 Å². The number of methoxy groups -OCH3 is 1. The zero-order valence-electron chi connectivity index (χ0n) is 15.4. The van der Waals surface area contributed by atoms with Gasteiger partial charge in [0.15, 0.2) is 5.78 Å². The van der Waals surface area contributed by atoms with Gasteiger partial charge < -0.3 is 14.9 Å². The first kappa shape index (κ1) is 18.4. The molecule has 29 heavy (non-hydrogen) atoms. The van der Waals surface area contributed by atoms with Crippen molar-refractivity contribution in [3.05, 3.63) is 93.5 Å². The Kier molecular flexibility index (Phi) is 4.39. The van der Waals surface area contributed by atoms with Crippen molar-refractivity contribution in [2.75, 3.05) is 7.11 Å². The van der Waals surface area contributed by atoms with Crippen LogP contribution in [-0.2, 0) is 6.42 Å². The Balaban J connectivity index is 1.85. The Hall–Kier alpha value is -3.93. The van der Waals surface area contributed by atoms with E-state index in [-0.39, 0.29) is 51.5 Å². The van der Waals surface area contributed by atoms with E-state index in [9.17, 15) is 24.6 Å². The fourth-order valence-corrected chi connectivity index (χ4v) is 3.68. The highest BCUT2D eigenvalue weighted by Crippen LogP contribution is 2.39. The largest absolute Gasteiger partial charge is 0.507 e. The van der Waals surface area contributed by atoms with E-state index in [0.29, 0.717) is 11.1 Å². The SMILES string of the molecule is COc1cccc2c1C(=O)c1c(ccc(Cc3ccccc3C(=O)O)c1O)C2=O. The Morgan fingerprint density at radius 2 is 1.59 bits per heavy atom. The van der Waals surface area contributed by atoms with Crippen LogP contribution in [0.15, 0.2) is 54.6 Å². The van der Waals surface area contributed by atoms with E-state index in [0.717, 1.165) is 0 Å². The Morgan fingerprint density at radius 1 is 0.862 bits per heavy atom. The number of hydrogen-bond acceptors (Lipinski definition) is 5. The first-order valence-corrected chi connectivity index (χ1v) is 8.86. The van der Waals surface area contributed by atoms with Gasteiger partial charge in [0.25, 0.3) is 0 Å². The summed E-state index contributed by atoms with van der Waals surface area (Å²) in [4.78, 5) is 37.5. The molecule has 3 aromatic carbocycles. The van der Waals surface area contributed by atoms with E-state index in [1.54, 1.807) is 42.5 Å². The standard InChI is InChI=1S/C23H16O6/c1-29-17-8-4-7-15-18(17)22(26)19-16(21(15)25)10-9-13(20(19)24)11-12-5-2-3-6-14(12)23(27)28/h2-10,24H,11H2,1H3,(H,27,28). The molecule has 0 radical (unpaired) electrons. The first-order valence-electron chi connectivity index (χ1n) is 8.86. The van der Waals surface area contributed by atoms with E-state index in [1.165, 1.54) is 19.2 Å². The number of benzene rings is 3. The lowest BCUT2D eigenvalue weighted by Gasteiger charge is -2.21. The summed E-state index contributed by atoms with van der Waals surface area (Å²) < 4.78 is 5.23. The molecule has 0 aliphatic heterocycles. The van der Waals surface area contributed by atoms with Gasteiger partial charge in [0.2, 0.25) is 5.78 Å². The Bertz CT molecular complexity index is 1190. The fraction of sp³-hybridized carbons (Fsp3) is 0.0870. The van der Waals surface area contributed by atoms with E-state index in [2.05, 4.69) is 0 Å². The summed E-state index contributed by atoms with van der Waals surface area (Å²) in [6, 6.07) is 14.2. The molecule has 0 unspecified atom stereocenters. The van der Waals surface area contributed by atoms with E-state index >= 15 is 0 Å². The molecule has 0 spiro atoms. The molecule has 6 nitrogen and oxygen atoms in total. The molecule has 0 amide bonds. The molecule has 0 bridgehead atoms. The molecule has 0 saturated heterocycles. The summed E-state index contributed by atoms with van der Waals surface area (Å²) in [5.74, 6) is -2.02. The second-order valence-electron chi connectivity index (χ2n) is 6.68. The molecule has 1 aliphatic rings. The number of carboxylic acid groups (broad SMARTS) is 1. The number of ketones is 2. The molecular weight excluding hydrogens is 372 g/mol. The molecule has 0 fully saturated rings. The number of carbonyl (C=O) groups is 3. The number of aromatic hydroxyl groups is 1. The van der Waals surface area contributed by atoms with Crippen molar-refractivity contribution in [1.82, 2.24) is 0 Å². The molecule has 2 N–H and O–H groups in total. The van der Waals surface area contributed by atoms with E-state index in [1.807, 2.05) is 0 Å². The van der Waals surface area contributed by atoms with Crippen molar-refractivity contribution < 1.29 is 29.3 Å². The molecular formula is C23H16O6. The van der Waals surface area contributed by atoms with E-state index < -0.39 is 11.8 Å². The third-order valence-electron chi connectivity index (χ3n) is 5.08. The van der Waals surface area contributed by atoms with Crippen LogP contribution in [0.2, 0.25) is 0 Å². The molecule has 6 heteroatoms. The molecule has 0 saturated carbocycles. The number of rotatable bonds is 4. The maximum atomic E-state index is 13.1. The summed E-state index contributed by atoms with van der Waals surface area (Å²) >= 11 is 0. The average molecular weight is 388 g/mol. The molecule has 3 aromatic rings. The highest BCUT2D eigenvalue weighted by atomic mass is 16.5. The van der Waals surface area contributed by atoms with Gasteiger partial charge in [-0.15, -0.1) is 0 Å². The smallest absolute Gasteiger partial charge is 0.335 e. The predicted octanol–water partition coefficient (Wildman–Crippen LogP) is 3.47. The third kappa shape index (κ3) is 2.86. The van der Waals surface area contributed by atoms with Crippen LogP contribution in [0, 0.1) is 0 Å². The number of carbonyl (C=O) groups excluding carboxylic acids is 2. The van der Waals surface area contributed by atoms with Crippen molar-refractivity contribution in [1.29, 1.82) is 0 Å². The van der Waals surface area contributed by atoms with Crippen molar-refractivity contribution in [3.63, 3.8) is 0 Å². The first-order chi connectivity index (χ1) is 13.9. The van der Waals surface area contributed by atoms with Gasteiger partial charge in [-0.1, -0.05) is 36.4 Å². The molecule has 1 aliphatic carbocycles. The predicted molar refractivity (Wildman–Crippen MR) is 104 cm³/mol. The zero-order chi connectivity index (χ0) is 20.7. The van der Waals surface area contributed by atoms with Gasteiger partial charge in [0, 0.05) is 17.5 Å². The fourth-order valence-electron chi connectivity index (χ4n) is 3.68. The summed E-state index contributed by atoms with van der Waals surface area (Å²) in [5, 5.41) is 20.2. The lowest BCUT2D eigenvalue weighted by atomic mass is 9.81. The number of ether oxygens (including phenoxy) is 1. The number of fused-ring (bicyclic) bond motifs is 2. The molecule has 144 valence electrons. The Morgan fingerprint density at radius 3 is 2.31 bits per heavy atom. The summed E-state index contributed by atoms with van der Waals surface area (Å²) in [6.45, 7) is 0. The highest BCUT2D eigenvalue weighted by molar-refractivity contribution is 6.30. The van der Waals surface area contributed by atoms with Crippen LogP contribution in [0.25, 0.3) is 0 Å².